The SMILES string of the molecule is CSc1ccccc1Nc1nc(N)nc2sccc12. The van der Waals surface area contributed by atoms with Crippen LogP contribution in [0.4, 0.5) is 17.5 Å². The van der Waals surface area contributed by atoms with E-state index in [2.05, 4.69) is 27.6 Å². The second-order valence-corrected chi connectivity index (χ2v) is 5.64. The van der Waals surface area contributed by atoms with E-state index in [4.69, 9.17) is 5.73 Å². The Morgan fingerprint density at radius 1 is 1.21 bits per heavy atom. The lowest BCUT2D eigenvalue weighted by atomic mass is 10.3. The molecule has 3 rings (SSSR count). The van der Waals surface area contributed by atoms with Crippen LogP contribution in [0.2, 0.25) is 0 Å². The maximum Gasteiger partial charge on any atom is 0.223 e. The first-order valence-corrected chi connectivity index (χ1v) is 7.79. The number of anilines is 3. The van der Waals surface area contributed by atoms with Gasteiger partial charge in [-0.25, -0.2) is 4.98 Å². The van der Waals surface area contributed by atoms with Gasteiger partial charge in [0.1, 0.15) is 10.6 Å². The molecule has 1 aromatic carbocycles. The van der Waals surface area contributed by atoms with E-state index in [9.17, 15) is 0 Å². The van der Waals surface area contributed by atoms with E-state index in [1.165, 1.54) is 4.90 Å². The maximum absolute atomic E-state index is 5.75. The number of benzene rings is 1. The largest absolute Gasteiger partial charge is 0.368 e. The minimum Gasteiger partial charge on any atom is -0.368 e. The van der Waals surface area contributed by atoms with Crippen molar-refractivity contribution >= 4 is 50.8 Å². The smallest absolute Gasteiger partial charge is 0.223 e. The molecule has 0 unspecified atom stereocenters. The zero-order chi connectivity index (χ0) is 13.2. The Balaban J connectivity index is 2.07. The Morgan fingerprint density at radius 2 is 2.05 bits per heavy atom. The lowest BCUT2D eigenvalue weighted by Crippen LogP contribution is -2.00. The van der Waals surface area contributed by atoms with Gasteiger partial charge in [0.2, 0.25) is 5.95 Å². The summed E-state index contributed by atoms with van der Waals surface area (Å²) in [7, 11) is 0. The Hall–Kier alpha value is -1.79. The Morgan fingerprint density at radius 3 is 2.89 bits per heavy atom. The molecule has 0 atom stereocenters. The number of aromatic nitrogens is 2. The predicted octanol–water partition coefficient (Wildman–Crippen LogP) is 3.74. The number of nitrogens with zero attached hydrogens (tertiary/aromatic N) is 2. The summed E-state index contributed by atoms with van der Waals surface area (Å²) in [6, 6.07) is 10.1. The van der Waals surface area contributed by atoms with Crippen LogP contribution in [0.3, 0.4) is 0 Å². The van der Waals surface area contributed by atoms with Crippen LogP contribution in [-0.2, 0) is 0 Å². The monoisotopic (exact) mass is 288 g/mol. The third kappa shape index (κ3) is 2.36. The minimum absolute atomic E-state index is 0.291. The van der Waals surface area contributed by atoms with Gasteiger partial charge in [0.05, 0.1) is 11.1 Å². The van der Waals surface area contributed by atoms with Crippen LogP contribution in [0.1, 0.15) is 0 Å². The lowest BCUT2D eigenvalue weighted by molar-refractivity contribution is 1.24. The van der Waals surface area contributed by atoms with Gasteiger partial charge in [-0.1, -0.05) is 12.1 Å². The Bertz CT molecular complexity index is 723. The highest BCUT2D eigenvalue weighted by Crippen LogP contribution is 2.31. The fourth-order valence-electron chi connectivity index (χ4n) is 1.84. The van der Waals surface area contributed by atoms with Gasteiger partial charge in [0, 0.05) is 4.90 Å². The highest BCUT2D eigenvalue weighted by Gasteiger charge is 2.09. The van der Waals surface area contributed by atoms with Crippen LogP contribution in [0, 0.1) is 0 Å². The molecular formula is C13H12N4S2. The summed E-state index contributed by atoms with van der Waals surface area (Å²) in [4.78, 5) is 10.6. The fourth-order valence-corrected chi connectivity index (χ4v) is 3.17. The minimum atomic E-state index is 0.291. The van der Waals surface area contributed by atoms with E-state index in [1.54, 1.807) is 23.1 Å². The molecule has 0 spiro atoms. The molecule has 0 saturated heterocycles. The second-order valence-electron chi connectivity index (χ2n) is 3.90. The number of nitrogens with one attached hydrogen (secondary N) is 1. The topological polar surface area (TPSA) is 63.8 Å². The van der Waals surface area contributed by atoms with Crippen molar-refractivity contribution in [3.05, 3.63) is 35.7 Å². The molecule has 3 aromatic rings. The van der Waals surface area contributed by atoms with Crippen molar-refractivity contribution in [3.63, 3.8) is 0 Å². The van der Waals surface area contributed by atoms with E-state index < -0.39 is 0 Å². The van der Waals surface area contributed by atoms with Gasteiger partial charge in [-0.3, -0.25) is 0 Å². The number of rotatable bonds is 3. The lowest BCUT2D eigenvalue weighted by Gasteiger charge is -2.10. The molecule has 19 heavy (non-hydrogen) atoms. The van der Waals surface area contributed by atoms with E-state index in [0.717, 1.165) is 21.7 Å². The van der Waals surface area contributed by atoms with Crippen LogP contribution in [0.5, 0.6) is 0 Å². The Kier molecular flexibility index (Phi) is 3.27. The summed E-state index contributed by atoms with van der Waals surface area (Å²) in [5, 5.41) is 6.33. The molecule has 0 saturated carbocycles. The molecule has 3 N–H and O–H groups in total. The molecule has 0 aliphatic rings. The van der Waals surface area contributed by atoms with Gasteiger partial charge >= 0.3 is 0 Å². The molecule has 4 nitrogen and oxygen atoms in total. The van der Waals surface area contributed by atoms with Gasteiger partial charge in [0.25, 0.3) is 0 Å². The Labute approximate surface area is 119 Å². The third-order valence-electron chi connectivity index (χ3n) is 2.70. The molecular weight excluding hydrogens is 276 g/mol. The van der Waals surface area contributed by atoms with Crippen LogP contribution in [-0.4, -0.2) is 16.2 Å². The van der Waals surface area contributed by atoms with Gasteiger partial charge < -0.3 is 11.1 Å². The zero-order valence-electron chi connectivity index (χ0n) is 10.3. The second kappa shape index (κ2) is 5.07. The number of nitrogens with two attached hydrogens (primary N) is 1. The number of thiophene rings is 1. The molecule has 0 bridgehead atoms. The normalized spacial score (nSPS) is 10.8. The first-order chi connectivity index (χ1) is 9.28. The molecule has 0 aliphatic carbocycles. The zero-order valence-corrected chi connectivity index (χ0v) is 11.9. The summed E-state index contributed by atoms with van der Waals surface area (Å²) >= 11 is 3.25. The highest BCUT2D eigenvalue weighted by atomic mass is 32.2. The number of hydrogen-bond donors (Lipinski definition) is 2. The van der Waals surface area contributed by atoms with E-state index >= 15 is 0 Å². The van der Waals surface area contributed by atoms with Crippen molar-refractivity contribution in [3.8, 4) is 0 Å². The summed E-state index contributed by atoms with van der Waals surface area (Å²) in [6.07, 6.45) is 2.05. The number of nitrogen functional groups attached to an aromatic ring is 1. The summed E-state index contributed by atoms with van der Waals surface area (Å²) in [5.41, 5.74) is 6.78. The van der Waals surface area contributed by atoms with Crippen molar-refractivity contribution in [1.82, 2.24) is 9.97 Å². The molecule has 0 aliphatic heterocycles. The first-order valence-electron chi connectivity index (χ1n) is 5.68. The van der Waals surface area contributed by atoms with E-state index in [1.807, 2.05) is 29.6 Å². The molecule has 2 heterocycles. The molecule has 2 aromatic heterocycles. The number of para-hydroxylation sites is 1. The van der Waals surface area contributed by atoms with Crippen molar-refractivity contribution in [2.24, 2.45) is 0 Å². The first kappa shape index (κ1) is 12.3. The van der Waals surface area contributed by atoms with Crippen LogP contribution < -0.4 is 11.1 Å². The van der Waals surface area contributed by atoms with Crippen molar-refractivity contribution in [2.45, 2.75) is 4.90 Å². The van der Waals surface area contributed by atoms with Crippen molar-refractivity contribution in [1.29, 1.82) is 0 Å². The van der Waals surface area contributed by atoms with Gasteiger partial charge in [-0.05, 0) is 29.8 Å². The van der Waals surface area contributed by atoms with Gasteiger partial charge in [-0.15, -0.1) is 23.1 Å². The summed E-state index contributed by atoms with van der Waals surface area (Å²) in [5.74, 6) is 1.05. The molecule has 0 amide bonds. The van der Waals surface area contributed by atoms with E-state index in [0.29, 0.717) is 5.95 Å². The third-order valence-corrected chi connectivity index (χ3v) is 4.30. The van der Waals surface area contributed by atoms with Crippen molar-refractivity contribution in [2.75, 3.05) is 17.3 Å². The summed E-state index contributed by atoms with van der Waals surface area (Å²) in [6.45, 7) is 0. The number of fused-ring (bicyclic) bond motifs is 1. The van der Waals surface area contributed by atoms with Gasteiger partial charge in [-0.2, -0.15) is 4.98 Å². The standard InChI is InChI=1S/C13H12N4S2/c1-18-10-5-3-2-4-9(10)15-11-8-6-7-19-12(8)17-13(14)16-11/h2-7H,1H3,(H3,14,15,16,17). The number of hydrogen-bond acceptors (Lipinski definition) is 6. The van der Waals surface area contributed by atoms with Crippen LogP contribution in [0.25, 0.3) is 10.2 Å². The predicted molar refractivity (Wildman–Crippen MR) is 83.3 cm³/mol. The van der Waals surface area contributed by atoms with Crippen LogP contribution >= 0.6 is 23.1 Å². The van der Waals surface area contributed by atoms with Gasteiger partial charge in [0.15, 0.2) is 0 Å². The average molecular weight is 288 g/mol. The summed E-state index contributed by atoms with van der Waals surface area (Å²) < 4.78 is 0. The number of thioether (sulfide) groups is 1. The molecule has 0 radical (unpaired) electrons. The van der Waals surface area contributed by atoms with Crippen LogP contribution in [0.15, 0.2) is 40.6 Å². The van der Waals surface area contributed by atoms with E-state index in [-0.39, 0.29) is 0 Å². The molecule has 0 fully saturated rings. The maximum atomic E-state index is 5.75. The van der Waals surface area contributed by atoms with Crippen molar-refractivity contribution < 1.29 is 0 Å². The quantitative estimate of drug-likeness (QED) is 0.719. The average Bonchev–Trinajstić information content (AvgIpc) is 2.87. The molecule has 96 valence electrons. The fraction of sp³-hybridized carbons (Fsp3) is 0.0769. The molecule has 6 heteroatoms. The highest BCUT2D eigenvalue weighted by molar-refractivity contribution is 7.98.